The maximum atomic E-state index is 0. The summed E-state index contributed by atoms with van der Waals surface area (Å²) in [6.45, 7) is 0. The molecule has 0 saturated heterocycles. The van der Waals surface area contributed by atoms with Gasteiger partial charge >= 0.3 is 58.4 Å². The predicted molar refractivity (Wildman–Crippen MR) is 92.1 cm³/mol. The molecule has 0 aromatic heterocycles. The van der Waals surface area contributed by atoms with Gasteiger partial charge in [-0.15, -0.1) is 12.4 Å². The van der Waals surface area contributed by atoms with Crippen LogP contribution in [0.25, 0.3) is 86.1 Å². The molecule has 0 saturated carbocycles. The van der Waals surface area contributed by atoms with Crippen molar-refractivity contribution in [3.63, 3.8) is 0 Å². The molecule has 0 fully saturated rings. The molecule has 0 aromatic carbocycles. The van der Waals surface area contributed by atoms with Gasteiger partial charge in [0, 0.05) is 0 Å². The molecule has 154 valence electrons. The van der Waals surface area contributed by atoms with Crippen molar-refractivity contribution in [3.8, 4) is 0 Å². The molecule has 0 amide bonds. The molecular formula is H35ClN14O3Ru3. The number of rotatable bonds is 0. The van der Waals surface area contributed by atoms with Gasteiger partial charge in [-0.25, -0.2) is 0 Å². The molecule has 0 aliphatic carbocycles. The molecule has 0 heterocycles. The van der Waals surface area contributed by atoms with Crippen LogP contribution < -0.4 is 0 Å². The van der Waals surface area contributed by atoms with E-state index in [4.69, 9.17) is 0 Å². The zero-order valence-electron chi connectivity index (χ0n) is 11.1. The minimum atomic E-state index is 0. The Bertz CT molecular complexity index is 29.4. The Morgan fingerprint density at radius 3 is 0.238 bits per heavy atom. The molecule has 0 aliphatic rings. The summed E-state index contributed by atoms with van der Waals surface area (Å²) in [4.78, 5) is 0. The van der Waals surface area contributed by atoms with Crippen molar-refractivity contribution in [2.45, 2.75) is 0 Å². The molecule has 0 aliphatic heterocycles. The van der Waals surface area contributed by atoms with Crippen LogP contribution in [-0.2, 0) is 58.4 Å². The van der Waals surface area contributed by atoms with Crippen molar-refractivity contribution in [1.29, 1.82) is 0 Å². The van der Waals surface area contributed by atoms with Crippen molar-refractivity contribution in [2.75, 3.05) is 0 Å². The van der Waals surface area contributed by atoms with Crippen LogP contribution in [0, 0.1) is 0 Å². The number of halogens is 1. The van der Waals surface area contributed by atoms with Crippen LogP contribution in [0.5, 0.6) is 0 Å². The predicted octanol–water partition coefficient (Wildman–Crippen LogP) is 7.98. The molecule has 34 N–H and O–H groups in total. The van der Waals surface area contributed by atoms with Gasteiger partial charge < -0.3 is 103 Å². The molecule has 0 atom stereocenters. The Kier molecular flexibility index (Phi) is 927000. The smallest absolute Gasteiger partial charge is 0.693 e. The van der Waals surface area contributed by atoms with Gasteiger partial charge in [-0.2, -0.15) is 0 Å². The van der Waals surface area contributed by atoms with Gasteiger partial charge in [0.1, 0.15) is 0 Å². The van der Waals surface area contributed by atoms with E-state index in [9.17, 15) is 0 Å². The van der Waals surface area contributed by atoms with Crippen LogP contribution in [-0.4, -0.2) is 16.4 Å². The quantitative estimate of drug-likeness (QED) is 0.233. The largest absolute Gasteiger partial charge is 5.00 e. The molecule has 0 rings (SSSR count). The maximum Gasteiger partial charge on any atom is 5.00 e. The van der Waals surface area contributed by atoms with Crippen LogP contribution in [0.15, 0.2) is 0 Å². The molecule has 0 aromatic rings. The van der Waals surface area contributed by atoms with E-state index in [1.807, 2.05) is 0 Å². The van der Waals surface area contributed by atoms with Crippen molar-refractivity contribution in [3.05, 3.63) is 86.1 Å². The normalized spacial score (nSPS) is 0. The van der Waals surface area contributed by atoms with Gasteiger partial charge in [-0.1, -0.05) is 0 Å². The van der Waals surface area contributed by atoms with E-state index in [1.54, 1.807) is 0 Å². The first-order chi connectivity index (χ1) is 0. The third-order valence-corrected chi connectivity index (χ3v) is 0. The van der Waals surface area contributed by atoms with Gasteiger partial charge in [0.25, 0.3) is 0 Å². The molecule has 0 bridgehead atoms. The fourth-order valence-corrected chi connectivity index (χ4v) is 0. The zero-order valence-corrected chi connectivity index (χ0v) is 17.1. The average molecular weight is 618 g/mol. The summed E-state index contributed by atoms with van der Waals surface area (Å²) >= 11 is 0. The minimum Gasteiger partial charge on any atom is -0.693 e. The van der Waals surface area contributed by atoms with E-state index in [2.05, 4.69) is 0 Å². The van der Waals surface area contributed by atoms with E-state index >= 15 is 0 Å². The molecule has 17 nitrogen and oxygen atoms in total. The van der Waals surface area contributed by atoms with Crippen molar-refractivity contribution < 1.29 is 74.9 Å². The summed E-state index contributed by atoms with van der Waals surface area (Å²) in [5.41, 5.74) is 0. The van der Waals surface area contributed by atoms with Gasteiger partial charge in [0.05, 0.1) is 0 Å². The summed E-state index contributed by atoms with van der Waals surface area (Å²) in [6.07, 6.45) is 0. The topological polar surface area (TPSA) is 564 Å². The minimum absolute atomic E-state index is 0. The first kappa shape index (κ1) is 4730. The Hall–Kier alpha value is 1.48. The van der Waals surface area contributed by atoms with Gasteiger partial charge in [0.15, 0.2) is 0 Å². The number of hydrogen-bond acceptors (Lipinski definition) is 0. The number of nitrogens with two attached hydrogens (primary N) is 14. The second kappa shape index (κ2) is 4110. The van der Waals surface area contributed by atoms with E-state index in [0.717, 1.165) is 0 Å². The molecule has 2 radical (unpaired) electrons. The van der Waals surface area contributed by atoms with E-state index in [1.165, 1.54) is 0 Å². The SMILES string of the molecule is Cl.O.O.O.[NH2-].[NH2-].[NH2-].[NH2-].[NH2-].[NH2-].[NH2-].[NH2-].[NH2-].[NH2-].[NH2-].[NH2-].[NH2-].[NH2-].[Ru+4].[Ru+5].[Ru+5]. The van der Waals surface area contributed by atoms with Crippen LogP contribution in [0.3, 0.4) is 0 Å². The first-order valence-corrected chi connectivity index (χ1v) is 0. The fraction of sp³-hybridized carbons (Fsp3) is 0. The van der Waals surface area contributed by atoms with Crippen molar-refractivity contribution in [2.24, 2.45) is 0 Å². The first-order valence-electron chi connectivity index (χ1n) is 0. The van der Waals surface area contributed by atoms with Crippen molar-refractivity contribution in [1.82, 2.24) is 0 Å². The second-order valence-electron chi connectivity index (χ2n) is 0. The molecule has 0 unspecified atom stereocenters. The van der Waals surface area contributed by atoms with E-state index < -0.39 is 0 Å². The van der Waals surface area contributed by atoms with Gasteiger partial charge in [-0.3, -0.25) is 0 Å². The summed E-state index contributed by atoms with van der Waals surface area (Å²) in [7, 11) is 0. The monoisotopic (exact) mass is 620 g/mol. The third-order valence-electron chi connectivity index (χ3n) is 0. The summed E-state index contributed by atoms with van der Waals surface area (Å²) in [5.74, 6) is 0. The van der Waals surface area contributed by atoms with Crippen LogP contribution >= 0.6 is 12.4 Å². The van der Waals surface area contributed by atoms with Gasteiger partial charge in [0.2, 0.25) is 0 Å². The van der Waals surface area contributed by atoms with Gasteiger partial charge in [-0.05, 0) is 0 Å². The van der Waals surface area contributed by atoms with E-state index in [-0.39, 0.29) is 173 Å². The number of hydrogen-bond donors (Lipinski definition) is 0. The molecule has 21 heavy (non-hydrogen) atoms. The standard InChI is InChI=1S/ClH.14H2N.3H2O.3Ru/h1H;17*1H2;;;/q;14*-1;;;;+4;2*+5. The summed E-state index contributed by atoms with van der Waals surface area (Å²) in [6, 6.07) is 0. The fourth-order valence-electron chi connectivity index (χ4n) is 0. The maximum absolute atomic E-state index is 0. The Balaban J connectivity index is 0. The van der Waals surface area contributed by atoms with Crippen LogP contribution in [0.1, 0.15) is 0 Å². The zero-order chi connectivity index (χ0) is 0. The Morgan fingerprint density at radius 1 is 0.238 bits per heavy atom. The second-order valence-corrected chi connectivity index (χ2v) is 0. The Morgan fingerprint density at radius 2 is 0.238 bits per heavy atom. The molecule has 0 spiro atoms. The summed E-state index contributed by atoms with van der Waals surface area (Å²) < 4.78 is 0. The van der Waals surface area contributed by atoms with Crippen molar-refractivity contribution >= 4 is 12.4 Å². The molecule has 21 heteroatoms. The molecular weight excluding hydrogens is 583 g/mol. The van der Waals surface area contributed by atoms with E-state index in [0.29, 0.717) is 0 Å². The van der Waals surface area contributed by atoms with Crippen LogP contribution in [0.2, 0.25) is 0 Å². The van der Waals surface area contributed by atoms with Crippen LogP contribution in [0.4, 0.5) is 0 Å². The summed E-state index contributed by atoms with van der Waals surface area (Å²) in [5, 5.41) is 0. The Labute approximate surface area is 173 Å². The average Bonchev–Trinajstić information content (AvgIpc) is 0. The third kappa shape index (κ3) is 3720.